The Hall–Kier alpha value is -3.75. The van der Waals surface area contributed by atoms with E-state index < -0.39 is 5.97 Å². The maximum Gasteiger partial charge on any atom is 0.338 e. The van der Waals surface area contributed by atoms with E-state index in [1.54, 1.807) is 27.3 Å². The van der Waals surface area contributed by atoms with E-state index in [0.717, 1.165) is 12.1 Å². The molecule has 0 radical (unpaired) electrons. The van der Waals surface area contributed by atoms with Crippen molar-refractivity contribution in [2.24, 2.45) is 13.0 Å². The molecule has 3 heterocycles. The molecule has 1 fully saturated rings. The van der Waals surface area contributed by atoms with Crippen molar-refractivity contribution in [3.05, 3.63) is 63.7 Å². The third-order valence-electron chi connectivity index (χ3n) is 6.01. The molecule has 33 heavy (non-hydrogen) atoms. The number of aromatic nitrogens is 4. The summed E-state index contributed by atoms with van der Waals surface area (Å²) in [7, 11) is 3.17. The Morgan fingerprint density at radius 2 is 2.03 bits per heavy atom. The summed E-state index contributed by atoms with van der Waals surface area (Å²) in [4.78, 5) is 37.8. The number of carboxylic acids is 1. The van der Waals surface area contributed by atoms with Crippen LogP contribution < -0.4 is 15.0 Å². The second-order valence-corrected chi connectivity index (χ2v) is 8.11. The average molecular weight is 450 g/mol. The van der Waals surface area contributed by atoms with Crippen LogP contribution in [0.15, 0.2) is 35.4 Å². The Morgan fingerprint density at radius 1 is 1.24 bits per heavy atom. The Labute approximate surface area is 191 Å². The first kappa shape index (κ1) is 22.4. The third kappa shape index (κ3) is 4.44. The van der Waals surface area contributed by atoms with Crippen molar-refractivity contribution >= 4 is 5.97 Å². The third-order valence-corrected chi connectivity index (χ3v) is 6.01. The average Bonchev–Trinajstić information content (AvgIpc) is 3.58. The molecule has 3 aromatic heterocycles. The molecule has 0 aliphatic heterocycles. The van der Waals surface area contributed by atoms with Crippen molar-refractivity contribution in [1.29, 1.82) is 0 Å². The van der Waals surface area contributed by atoms with Gasteiger partial charge in [0.25, 0.3) is 5.56 Å². The summed E-state index contributed by atoms with van der Waals surface area (Å²) in [5.41, 5.74) is 1.83. The predicted molar refractivity (Wildman–Crippen MR) is 121 cm³/mol. The van der Waals surface area contributed by atoms with Gasteiger partial charge >= 0.3 is 5.97 Å². The number of rotatable bonds is 8. The van der Waals surface area contributed by atoms with Crippen molar-refractivity contribution in [3.63, 3.8) is 0 Å². The van der Waals surface area contributed by atoms with Crippen LogP contribution in [0.4, 0.5) is 0 Å². The van der Waals surface area contributed by atoms with Gasteiger partial charge in [0, 0.05) is 48.1 Å². The molecule has 2 atom stereocenters. The fourth-order valence-corrected chi connectivity index (χ4v) is 4.07. The number of ether oxygens (including phenoxy) is 2. The molecule has 0 unspecified atom stereocenters. The first-order valence-corrected chi connectivity index (χ1v) is 10.8. The molecule has 0 amide bonds. The van der Waals surface area contributed by atoms with E-state index in [1.807, 2.05) is 19.1 Å². The Balaban J connectivity index is 1.63. The number of carbonyl (C=O) groups is 1. The highest BCUT2D eigenvalue weighted by molar-refractivity contribution is 5.97. The molecular formula is C24H26N4O5. The summed E-state index contributed by atoms with van der Waals surface area (Å²) >= 11 is 0. The molecule has 9 heteroatoms. The van der Waals surface area contributed by atoms with E-state index in [4.69, 9.17) is 9.47 Å². The van der Waals surface area contributed by atoms with Crippen LogP contribution in [0.1, 0.15) is 46.8 Å². The highest BCUT2D eigenvalue weighted by Crippen LogP contribution is 2.47. The zero-order valence-electron chi connectivity index (χ0n) is 19.0. The Morgan fingerprint density at radius 3 is 2.67 bits per heavy atom. The number of aromatic carboxylic acids is 1. The van der Waals surface area contributed by atoms with Gasteiger partial charge in [-0.1, -0.05) is 6.92 Å². The predicted octanol–water partition coefficient (Wildman–Crippen LogP) is 3.00. The van der Waals surface area contributed by atoms with Gasteiger partial charge in [0.05, 0.1) is 31.0 Å². The molecule has 3 aromatic rings. The lowest BCUT2D eigenvalue weighted by molar-refractivity contribution is 0.0695. The fraction of sp³-hybridized carbons (Fsp3) is 0.375. The molecule has 172 valence electrons. The number of pyridine rings is 2. The molecular weight excluding hydrogens is 424 g/mol. The minimum Gasteiger partial charge on any atom is -0.495 e. The number of methoxy groups -OCH3 is 1. The number of hydrogen-bond donors (Lipinski definition) is 1. The van der Waals surface area contributed by atoms with Gasteiger partial charge in [0.2, 0.25) is 5.88 Å². The summed E-state index contributed by atoms with van der Waals surface area (Å²) in [6, 6.07) is 5.15. The quantitative estimate of drug-likeness (QED) is 0.557. The van der Waals surface area contributed by atoms with Crippen LogP contribution in [0.3, 0.4) is 0 Å². The van der Waals surface area contributed by atoms with Gasteiger partial charge in [-0.25, -0.2) is 9.78 Å². The van der Waals surface area contributed by atoms with Crippen LogP contribution in [0.25, 0.3) is 11.1 Å². The second kappa shape index (κ2) is 9.01. The lowest BCUT2D eigenvalue weighted by Crippen LogP contribution is -2.24. The normalized spacial score (nSPS) is 17.0. The minimum absolute atomic E-state index is 0.0589. The van der Waals surface area contributed by atoms with E-state index in [2.05, 4.69) is 15.0 Å². The van der Waals surface area contributed by atoms with Crippen LogP contribution >= 0.6 is 0 Å². The van der Waals surface area contributed by atoms with Crippen molar-refractivity contribution in [1.82, 2.24) is 19.5 Å². The first-order chi connectivity index (χ1) is 15.8. The molecule has 1 aliphatic rings. The van der Waals surface area contributed by atoms with Crippen LogP contribution in [0, 0.1) is 12.8 Å². The maximum absolute atomic E-state index is 12.5. The number of aryl methyl sites for hydroxylation is 1. The first-order valence-electron chi connectivity index (χ1n) is 10.8. The summed E-state index contributed by atoms with van der Waals surface area (Å²) < 4.78 is 12.6. The Kier molecular flexibility index (Phi) is 6.13. The lowest BCUT2D eigenvalue weighted by Gasteiger charge is -2.16. The molecule has 4 rings (SSSR count). The molecule has 1 aliphatic carbocycles. The zero-order chi connectivity index (χ0) is 23.7. The molecule has 0 bridgehead atoms. The summed E-state index contributed by atoms with van der Waals surface area (Å²) in [5, 5.41) is 9.91. The van der Waals surface area contributed by atoms with Crippen molar-refractivity contribution < 1.29 is 19.4 Å². The second-order valence-electron chi connectivity index (χ2n) is 8.11. The summed E-state index contributed by atoms with van der Waals surface area (Å²) in [6.45, 7) is 3.95. The monoisotopic (exact) mass is 450 g/mol. The number of nitrogens with zero attached hydrogens (tertiary/aromatic N) is 4. The SMILES string of the molecule is CCc1c(C(=O)O)c(-c2cnc(C)nc2OC[C@H]2C[C@@H]2c2ccc(OC)cn2)cc(=O)n1C. The fourth-order valence-electron chi connectivity index (χ4n) is 4.07. The number of hydrogen-bond acceptors (Lipinski definition) is 7. The van der Waals surface area contributed by atoms with E-state index in [1.165, 1.54) is 16.8 Å². The van der Waals surface area contributed by atoms with Gasteiger partial charge < -0.3 is 19.1 Å². The van der Waals surface area contributed by atoms with Gasteiger partial charge in [0.1, 0.15) is 11.6 Å². The highest BCUT2D eigenvalue weighted by atomic mass is 16.5. The van der Waals surface area contributed by atoms with E-state index >= 15 is 0 Å². The smallest absolute Gasteiger partial charge is 0.338 e. The van der Waals surface area contributed by atoms with Gasteiger partial charge in [-0.05, 0) is 31.9 Å². The summed E-state index contributed by atoms with van der Waals surface area (Å²) in [6.07, 6.45) is 4.55. The van der Waals surface area contributed by atoms with Crippen LogP contribution in [0.2, 0.25) is 0 Å². The molecule has 0 spiro atoms. The zero-order valence-corrected chi connectivity index (χ0v) is 19.0. The van der Waals surface area contributed by atoms with Crippen LogP contribution in [-0.4, -0.2) is 44.3 Å². The van der Waals surface area contributed by atoms with Crippen molar-refractivity contribution in [3.8, 4) is 22.8 Å². The standard InChI is InChI=1S/C24H26N4O5/c1-5-20-22(24(30)31)17(9-21(29)28(20)3)18-11-25-13(2)27-23(18)33-12-14-8-16(14)19-7-6-15(32-4)10-26-19/h6-7,9-11,14,16H,5,8,12H2,1-4H3,(H,30,31)/t14-,16+/m1/s1. The van der Waals surface area contributed by atoms with Gasteiger partial charge in [0.15, 0.2) is 0 Å². The Bertz CT molecular complexity index is 1250. The van der Waals surface area contributed by atoms with Crippen LogP contribution in [-0.2, 0) is 13.5 Å². The molecule has 1 saturated carbocycles. The van der Waals surface area contributed by atoms with Crippen molar-refractivity contribution in [2.75, 3.05) is 13.7 Å². The van der Waals surface area contributed by atoms with Crippen LogP contribution in [0.5, 0.6) is 11.6 Å². The van der Waals surface area contributed by atoms with E-state index in [-0.39, 0.29) is 34.4 Å². The van der Waals surface area contributed by atoms with E-state index in [0.29, 0.717) is 35.9 Å². The lowest BCUT2D eigenvalue weighted by atomic mass is 9.99. The molecule has 9 nitrogen and oxygen atoms in total. The highest BCUT2D eigenvalue weighted by Gasteiger charge is 2.40. The largest absolute Gasteiger partial charge is 0.495 e. The van der Waals surface area contributed by atoms with Gasteiger partial charge in [-0.2, -0.15) is 4.98 Å². The van der Waals surface area contributed by atoms with Crippen molar-refractivity contribution in [2.45, 2.75) is 32.6 Å². The molecule has 0 saturated heterocycles. The maximum atomic E-state index is 12.5. The van der Waals surface area contributed by atoms with E-state index in [9.17, 15) is 14.7 Å². The minimum atomic E-state index is -1.11. The molecule has 1 N–H and O–H groups in total. The topological polar surface area (TPSA) is 116 Å². The van der Waals surface area contributed by atoms with Gasteiger partial charge in [-0.15, -0.1) is 0 Å². The summed E-state index contributed by atoms with van der Waals surface area (Å²) in [5.74, 6) is 0.915. The molecule has 0 aromatic carbocycles. The number of carboxylic acid groups (broad SMARTS) is 1. The van der Waals surface area contributed by atoms with Gasteiger partial charge in [-0.3, -0.25) is 9.78 Å².